The summed E-state index contributed by atoms with van der Waals surface area (Å²) in [6, 6.07) is -1.34. The summed E-state index contributed by atoms with van der Waals surface area (Å²) in [7, 11) is 2.11. The summed E-state index contributed by atoms with van der Waals surface area (Å²) in [5, 5.41) is 18.9. The Bertz CT molecular complexity index is 767. The lowest BCUT2D eigenvalue weighted by Crippen LogP contribution is -2.49. The van der Waals surface area contributed by atoms with Crippen molar-refractivity contribution in [3.8, 4) is 0 Å². The van der Waals surface area contributed by atoms with E-state index in [0.717, 1.165) is 42.9 Å². The third-order valence-electron chi connectivity index (χ3n) is 5.58. The fraction of sp³-hybridized carbons (Fsp3) is 0.650. The highest BCUT2D eigenvalue weighted by atomic mass is 16.5. The van der Waals surface area contributed by atoms with E-state index in [1.807, 2.05) is 0 Å². The van der Waals surface area contributed by atoms with E-state index >= 15 is 0 Å². The Morgan fingerprint density at radius 2 is 2.10 bits per heavy atom. The molecule has 29 heavy (non-hydrogen) atoms. The molecule has 0 aromatic carbocycles. The summed E-state index contributed by atoms with van der Waals surface area (Å²) in [5.41, 5.74) is 3.32. The van der Waals surface area contributed by atoms with Crippen LogP contribution in [0.3, 0.4) is 0 Å². The minimum atomic E-state index is -0.888. The molecule has 0 bridgehead atoms. The van der Waals surface area contributed by atoms with Crippen molar-refractivity contribution >= 4 is 11.9 Å². The maximum Gasteiger partial charge on any atom is 0.343 e. The summed E-state index contributed by atoms with van der Waals surface area (Å²) in [4.78, 5) is 27.7. The van der Waals surface area contributed by atoms with Crippen LogP contribution in [-0.4, -0.2) is 77.7 Å². The minimum Gasteiger partial charge on any atom is -0.395 e. The maximum atomic E-state index is 13.0. The van der Waals surface area contributed by atoms with Crippen molar-refractivity contribution in [1.82, 2.24) is 25.3 Å². The van der Waals surface area contributed by atoms with Crippen molar-refractivity contribution in [1.29, 1.82) is 0 Å². The molecule has 1 saturated heterocycles. The van der Waals surface area contributed by atoms with E-state index in [4.69, 9.17) is 9.84 Å². The van der Waals surface area contributed by atoms with Gasteiger partial charge in [0.2, 0.25) is 5.91 Å². The number of aliphatic hydroxyl groups excluding tert-OH is 1. The Balaban J connectivity index is 1.82. The SMILES string of the molecule is C=C(C)[C@H](NC(=O)n1nc(C2CCN(C)CC2)c2c1CCOC2)C(=O)NCCO. The number of carbonyl (C=O) groups excluding carboxylic acids is 2. The van der Waals surface area contributed by atoms with E-state index < -0.39 is 18.0 Å². The highest BCUT2D eigenvalue weighted by molar-refractivity contribution is 5.90. The molecule has 3 rings (SSSR count). The van der Waals surface area contributed by atoms with E-state index in [2.05, 4.69) is 34.3 Å². The van der Waals surface area contributed by atoms with Crippen LogP contribution < -0.4 is 10.6 Å². The number of nitrogens with one attached hydrogen (secondary N) is 2. The number of amides is 2. The highest BCUT2D eigenvalue weighted by Crippen LogP contribution is 2.32. The molecule has 9 heteroatoms. The van der Waals surface area contributed by atoms with Gasteiger partial charge in [-0.2, -0.15) is 9.78 Å². The molecule has 1 aromatic rings. The number of hydrogen-bond donors (Lipinski definition) is 3. The van der Waals surface area contributed by atoms with Crippen molar-refractivity contribution in [3.63, 3.8) is 0 Å². The number of rotatable bonds is 6. The number of aromatic nitrogens is 2. The maximum absolute atomic E-state index is 13.0. The molecule has 1 aromatic heterocycles. The predicted molar refractivity (Wildman–Crippen MR) is 108 cm³/mol. The Hall–Kier alpha value is -2.23. The van der Waals surface area contributed by atoms with Gasteiger partial charge in [0, 0.05) is 24.4 Å². The molecule has 0 unspecified atom stereocenters. The van der Waals surface area contributed by atoms with Crippen LogP contribution in [0.15, 0.2) is 12.2 Å². The number of likely N-dealkylation sites (tertiary alicyclic amines) is 1. The first-order chi connectivity index (χ1) is 13.9. The quantitative estimate of drug-likeness (QED) is 0.591. The largest absolute Gasteiger partial charge is 0.395 e. The number of hydrogen-bond acceptors (Lipinski definition) is 6. The van der Waals surface area contributed by atoms with Gasteiger partial charge >= 0.3 is 6.03 Å². The molecular formula is C20H31N5O4. The van der Waals surface area contributed by atoms with Gasteiger partial charge in [-0.05, 0) is 45.5 Å². The zero-order valence-electron chi connectivity index (χ0n) is 17.2. The average Bonchev–Trinajstić information content (AvgIpc) is 3.10. The first kappa shape index (κ1) is 21.5. The second kappa shape index (κ2) is 9.51. The number of aliphatic hydroxyl groups is 1. The third-order valence-corrected chi connectivity index (χ3v) is 5.58. The molecule has 3 N–H and O–H groups in total. The van der Waals surface area contributed by atoms with E-state index in [9.17, 15) is 9.59 Å². The summed E-state index contributed by atoms with van der Waals surface area (Å²) in [5.74, 6) is -0.0970. The van der Waals surface area contributed by atoms with Gasteiger partial charge in [0.25, 0.3) is 0 Å². The van der Waals surface area contributed by atoms with Crippen LogP contribution in [0.5, 0.6) is 0 Å². The van der Waals surface area contributed by atoms with Gasteiger partial charge in [0.05, 0.1) is 31.2 Å². The summed E-state index contributed by atoms with van der Waals surface area (Å²) in [6.45, 7) is 8.45. The van der Waals surface area contributed by atoms with Gasteiger partial charge in [-0.3, -0.25) is 4.79 Å². The molecule has 0 aliphatic carbocycles. The topological polar surface area (TPSA) is 109 Å². The molecule has 0 saturated carbocycles. The van der Waals surface area contributed by atoms with Gasteiger partial charge in [-0.1, -0.05) is 6.58 Å². The minimum absolute atomic E-state index is 0.118. The van der Waals surface area contributed by atoms with E-state index in [1.165, 1.54) is 4.68 Å². The number of nitrogens with zero attached hydrogens (tertiary/aromatic N) is 3. The number of ether oxygens (including phenoxy) is 1. The van der Waals surface area contributed by atoms with Crippen LogP contribution in [0.1, 0.15) is 42.6 Å². The molecule has 1 atom stereocenters. The zero-order chi connectivity index (χ0) is 21.0. The molecule has 160 valence electrons. The van der Waals surface area contributed by atoms with Crippen molar-refractivity contribution < 1.29 is 19.4 Å². The lowest BCUT2D eigenvalue weighted by molar-refractivity contribution is -0.122. The molecule has 2 amide bonds. The van der Waals surface area contributed by atoms with Gasteiger partial charge in [0.15, 0.2) is 0 Å². The molecule has 2 aliphatic rings. The van der Waals surface area contributed by atoms with Gasteiger partial charge in [-0.15, -0.1) is 0 Å². The highest BCUT2D eigenvalue weighted by Gasteiger charge is 2.31. The zero-order valence-corrected chi connectivity index (χ0v) is 17.2. The summed E-state index contributed by atoms with van der Waals surface area (Å²) in [6.07, 6.45) is 2.61. The van der Waals surface area contributed by atoms with E-state index in [1.54, 1.807) is 6.92 Å². The Morgan fingerprint density at radius 1 is 1.38 bits per heavy atom. The number of fused-ring (bicyclic) bond motifs is 1. The van der Waals surface area contributed by atoms with Crippen LogP contribution in [0.4, 0.5) is 4.79 Å². The van der Waals surface area contributed by atoms with Crippen LogP contribution in [-0.2, 0) is 22.6 Å². The fourth-order valence-electron chi connectivity index (χ4n) is 3.92. The van der Waals surface area contributed by atoms with Gasteiger partial charge in [-0.25, -0.2) is 4.79 Å². The second-order valence-corrected chi connectivity index (χ2v) is 7.85. The average molecular weight is 405 g/mol. The molecule has 2 aliphatic heterocycles. The first-order valence-electron chi connectivity index (χ1n) is 10.1. The molecular weight excluding hydrogens is 374 g/mol. The Morgan fingerprint density at radius 3 is 2.76 bits per heavy atom. The Kier molecular flexibility index (Phi) is 7.05. The summed E-state index contributed by atoms with van der Waals surface area (Å²) >= 11 is 0. The molecule has 1 fully saturated rings. The van der Waals surface area contributed by atoms with E-state index in [0.29, 0.717) is 31.1 Å². The standard InChI is InChI=1S/C20H31N5O4/c1-13(2)17(19(27)21-7-10-26)22-20(28)25-16-6-11-29-12-15(16)18(23-25)14-4-8-24(3)9-5-14/h14,17,26H,1,4-12H2,2-3H3,(H,21,27)(H,22,28)/t17-/m0/s1. The van der Waals surface area contributed by atoms with Crippen molar-refractivity contribution in [2.24, 2.45) is 0 Å². The van der Waals surface area contributed by atoms with E-state index in [-0.39, 0.29) is 13.2 Å². The summed E-state index contributed by atoms with van der Waals surface area (Å²) < 4.78 is 7.05. The smallest absolute Gasteiger partial charge is 0.343 e. The molecule has 3 heterocycles. The van der Waals surface area contributed by atoms with Crippen LogP contribution in [0.25, 0.3) is 0 Å². The van der Waals surface area contributed by atoms with Crippen LogP contribution >= 0.6 is 0 Å². The number of piperidine rings is 1. The molecule has 9 nitrogen and oxygen atoms in total. The lowest BCUT2D eigenvalue weighted by Gasteiger charge is -2.28. The first-order valence-corrected chi connectivity index (χ1v) is 10.1. The molecule has 0 radical (unpaired) electrons. The lowest BCUT2D eigenvalue weighted by atomic mass is 9.90. The van der Waals surface area contributed by atoms with Crippen molar-refractivity contribution in [2.45, 2.75) is 44.8 Å². The number of carbonyl (C=O) groups is 2. The Labute approximate surface area is 171 Å². The monoisotopic (exact) mass is 405 g/mol. The third kappa shape index (κ3) is 4.85. The fourth-order valence-corrected chi connectivity index (χ4v) is 3.92. The second-order valence-electron chi connectivity index (χ2n) is 7.85. The van der Waals surface area contributed by atoms with Crippen molar-refractivity contribution in [2.75, 3.05) is 39.9 Å². The normalized spacial score (nSPS) is 18.7. The van der Waals surface area contributed by atoms with Gasteiger partial charge < -0.3 is 25.4 Å². The van der Waals surface area contributed by atoms with Crippen LogP contribution in [0, 0.1) is 0 Å². The van der Waals surface area contributed by atoms with Crippen LogP contribution in [0.2, 0.25) is 0 Å². The van der Waals surface area contributed by atoms with Crippen molar-refractivity contribution in [3.05, 3.63) is 29.1 Å². The molecule has 0 spiro atoms. The van der Waals surface area contributed by atoms with Gasteiger partial charge in [0.1, 0.15) is 6.04 Å². The predicted octanol–water partition coefficient (Wildman–Crippen LogP) is 0.376.